The third-order valence-corrected chi connectivity index (χ3v) is 3.78. The normalized spacial score (nSPS) is 24.9. The number of aliphatic carboxylic acids is 1. The molecule has 1 heterocycles. The van der Waals surface area contributed by atoms with Gasteiger partial charge in [-0.2, -0.15) is 4.37 Å². The number of hydrogen-bond donors (Lipinski definition) is 2. The van der Waals surface area contributed by atoms with Crippen LogP contribution in [0.3, 0.4) is 0 Å². The molecule has 0 saturated carbocycles. The molecule has 5 heteroatoms. The standard InChI is InChI=1S/C10H13NO3S/c1-5-10-7(12)2-6(4-9(13)14)3-8(10)15-11-5/h6-7,12H,2-4H2,1H3,(H,13,14). The average molecular weight is 227 g/mol. The van der Waals surface area contributed by atoms with Gasteiger partial charge in [0.1, 0.15) is 0 Å². The molecule has 1 aromatic rings. The van der Waals surface area contributed by atoms with E-state index in [0.29, 0.717) is 6.42 Å². The first-order chi connectivity index (χ1) is 7.08. The topological polar surface area (TPSA) is 70.4 Å². The van der Waals surface area contributed by atoms with Crippen LogP contribution in [0.25, 0.3) is 0 Å². The second-order valence-corrected chi connectivity index (χ2v) is 4.88. The van der Waals surface area contributed by atoms with E-state index in [0.717, 1.165) is 22.6 Å². The highest BCUT2D eigenvalue weighted by molar-refractivity contribution is 7.06. The zero-order valence-electron chi connectivity index (χ0n) is 8.43. The van der Waals surface area contributed by atoms with E-state index in [2.05, 4.69) is 4.37 Å². The highest BCUT2D eigenvalue weighted by Crippen LogP contribution is 2.38. The molecule has 15 heavy (non-hydrogen) atoms. The molecule has 2 N–H and O–H groups in total. The molecule has 2 unspecified atom stereocenters. The molecule has 0 saturated heterocycles. The van der Waals surface area contributed by atoms with Crippen molar-refractivity contribution in [2.24, 2.45) is 5.92 Å². The molecule has 2 atom stereocenters. The summed E-state index contributed by atoms with van der Waals surface area (Å²) in [6.45, 7) is 1.88. The summed E-state index contributed by atoms with van der Waals surface area (Å²) in [6.07, 6.45) is 0.882. The molecule has 1 aliphatic carbocycles. The van der Waals surface area contributed by atoms with Gasteiger partial charge in [0.05, 0.1) is 11.8 Å². The molecule has 0 aliphatic heterocycles. The fraction of sp³-hybridized carbons (Fsp3) is 0.600. The fourth-order valence-corrected chi connectivity index (χ4v) is 3.22. The van der Waals surface area contributed by atoms with Crippen molar-refractivity contribution in [1.82, 2.24) is 4.37 Å². The molecule has 0 spiro atoms. The van der Waals surface area contributed by atoms with Crippen molar-refractivity contribution in [3.63, 3.8) is 0 Å². The molecule has 4 nitrogen and oxygen atoms in total. The van der Waals surface area contributed by atoms with Gasteiger partial charge in [0, 0.05) is 16.9 Å². The van der Waals surface area contributed by atoms with E-state index in [-0.39, 0.29) is 12.3 Å². The molecular formula is C10H13NO3S. The molecule has 1 aromatic heterocycles. The summed E-state index contributed by atoms with van der Waals surface area (Å²) < 4.78 is 4.20. The zero-order chi connectivity index (χ0) is 11.0. The number of aryl methyl sites for hydroxylation is 1. The van der Waals surface area contributed by atoms with E-state index in [1.807, 2.05) is 6.92 Å². The lowest BCUT2D eigenvalue weighted by Crippen LogP contribution is -2.20. The highest BCUT2D eigenvalue weighted by Gasteiger charge is 2.30. The number of aromatic nitrogens is 1. The second-order valence-electron chi connectivity index (χ2n) is 4.02. The van der Waals surface area contributed by atoms with E-state index in [9.17, 15) is 9.90 Å². The van der Waals surface area contributed by atoms with Crippen LogP contribution in [0.1, 0.15) is 35.1 Å². The smallest absolute Gasteiger partial charge is 0.303 e. The zero-order valence-corrected chi connectivity index (χ0v) is 9.25. The number of rotatable bonds is 2. The lowest BCUT2D eigenvalue weighted by atomic mass is 9.84. The number of aliphatic hydroxyl groups excluding tert-OH is 1. The summed E-state index contributed by atoms with van der Waals surface area (Å²) in [5.41, 5.74) is 1.82. The third kappa shape index (κ3) is 2.03. The van der Waals surface area contributed by atoms with Crippen LogP contribution in [0.15, 0.2) is 0 Å². The minimum absolute atomic E-state index is 0.0462. The van der Waals surface area contributed by atoms with Gasteiger partial charge in [-0.3, -0.25) is 4.79 Å². The summed E-state index contributed by atoms with van der Waals surface area (Å²) in [5, 5.41) is 18.6. The Morgan fingerprint density at radius 1 is 1.67 bits per heavy atom. The Labute approximate surface area is 91.7 Å². The Balaban J connectivity index is 2.20. The molecule has 82 valence electrons. The molecule has 0 fully saturated rings. The van der Waals surface area contributed by atoms with Crippen LogP contribution in [-0.2, 0) is 11.2 Å². The summed E-state index contributed by atoms with van der Waals surface area (Å²) in [4.78, 5) is 11.7. The monoisotopic (exact) mass is 227 g/mol. The van der Waals surface area contributed by atoms with Gasteiger partial charge >= 0.3 is 5.97 Å². The van der Waals surface area contributed by atoms with Crippen molar-refractivity contribution >= 4 is 17.5 Å². The van der Waals surface area contributed by atoms with Gasteiger partial charge in [0.25, 0.3) is 0 Å². The first-order valence-corrected chi connectivity index (χ1v) is 5.70. The van der Waals surface area contributed by atoms with Crippen LogP contribution in [0, 0.1) is 12.8 Å². The predicted octanol–water partition coefficient (Wildman–Crippen LogP) is 1.52. The van der Waals surface area contributed by atoms with Gasteiger partial charge in [0.15, 0.2) is 0 Å². The highest BCUT2D eigenvalue weighted by atomic mass is 32.1. The Morgan fingerprint density at radius 3 is 3.07 bits per heavy atom. The minimum atomic E-state index is -0.795. The van der Waals surface area contributed by atoms with Crippen molar-refractivity contribution < 1.29 is 15.0 Å². The second kappa shape index (κ2) is 3.90. The Kier molecular flexibility index (Phi) is 2.75. The molecular weight excluding hydrogens is 214 g/mol. The number of carboxylic acids is 1. The average Bonchev–Trinajstić information content (AvgIpc) is 2.46. The summed E-state index contributed by atoms with van der Waals surface area (Å²) in [6, 6.07) is 0. The molecule has 0 bridgehead atoms. The predicted molar refractivity (Wildman–Crippen MR) is 55.9 cm³/mol. The maximum absolute atomic E-state index is 10.6. The van der Waals surface area contributed by atoms with E-state index < -0.39 is 12.1 Å². The van der Waals surface area contributed by atoms with Crippen molar-refractivity contribution in [2.75, 3.05) is 0 Å². The van der Waals surface area contributed by atoms with Crippen LogP contribution in [-0.4, -0.2) is 20.6 Å². The maximum atomic E-state index is 10.6. The Hall–Kier alpha value is -0.940. The van der Waals surface area contributed by atoms with E-state index in [1.54, 1.807) is 0 Å². The van der Waals surface area contributed by atoms with Gasteiger partial charge in [-0.05, 0) is 37.2 Å². The van der Waals surface area contributed by atoms with Crippen LogP contribution in [0.2, 0.25) is 0 Å². The quantitative estimate of drug-likeness (QED) is 0.803. The number of nitrogens with zero attached hydrogens (tertiary/aromatic N) is 1. The van der Waals surface area contributed by atoms with Crippen molar-refractivity contribution in [3.8, 4) is 0 Å². The van der Waals surface area contributed by atoms with Crippen molar-refractivity contribution in [2.45, 2.75) is 32.3 Å². The summed E-state index contributed by atoms with van der Waals surface area (Å²) in [7, 11) is 0. The number of aliphatic hydroxyl groups is 1. The number of carboxylic acid groups (broad SMARTS) is 1. The van der Waals surface area contributed by atoms with Crippen molar-refractivity contribution in [1.29, 1.82) is 0 Å². The summed E-state index contributed by atoms with van der Waals surface area (Å²) in [5.74, 6) is -0.748. The van der Waals surface area contributed by atoms with Gasteiger partial charge < -0.3 is 10.2 Å². The van der Waals surface area contributed by atoms with E-state index >= 15 is 0 Å². The van der Waals surface area contributed by atoms with Gasteiger partial charge in [-0.1, -0.05) is 0 Å². The van der Waals surface area contributed by atoms with E-state index in [1.165, 1.54) is 11.5 Å². The largest absolute Gasteiger partial charge is 0.481 e. The van der Waals surface area contributed by atoms with Crippen LogP contribution in [0.5, 0.6) is 0 Å². The van der Waals surface area contributed by atoms with E-state index in [4.69, 9.17) is 5.11 Å². The molecule has 0 amide bonds. The lowest BCUT2D eigenvalue weighted by Gasteiger charge is -2.24. The Morgan fingerprint density at radius 2 is 2.40 bits per heavy atom. The summed E-state index contributed by atoms with van der Waals surface area (Å²) >= 11 is 1.38. The molecule has 1 aliphatic rings. The van der Waals surface area contributed by atoms with Gasteiger partial charge in [-0.25, -0.2) is 0 Å². The van der Waals surface area contributed by atoms with Gasteiger partial charge in [-0.15, -0.1) is 0 Å². The molecule has 0 aromatic carbocycles. The number of carbonyl (C=O) groups is 1. The van der Waals surface area contributed by atoms with Crippen LogP contribution < -0.4 is 0 Å². The fourth-order valence-electron chi connectivity index (χ4n) is 2.18. The van der Waals surface area contributed by atoms with Crippen LogP contribution in [0.4, 0.5) is 0 Å². The molecule has 0 radical (unpaired) electrons. The lowest BCUT2D eigenvalue weighted by molar-refractivity contribution is -0.138. The Bertz CT molecular complexity index is 388. The minimum Gasteiger partial charge on any atom is -0.481 e. The first-order valence-electron chi connectivity index (χ1n) is 4.93. The third-order valence-electron chi connectivity index (χ3n) is 2.81. The number of hydrogen-bond acceptors (Lipinski definition) is 4. The number of fused-ring (bicyclic) bond motifs is 1. The maximum Gasteiger partial charge on any atom is 0.303 e. The first kappa shape index (κ1) is 10.6. The SMILES string of the molecule is Cc1nsc2c1C(O)CC(CC(=O)O)C2. The van der Waals surface area contributed by atoms with Crippen molar-refractivity contribution in [3.05, 3.63) is 16.1 Å². The van der Waals surface area contributed by atoms with Gasteiger partial charge in [0.2, 0.25) is 0 Å². The van der Waals surface area contributed by atoms with Crippen LogP contribution >= 0.6 is 11.5 Å². The molecule has 2 rings (SSSR count).